The van der Waals surface area contributed by atoms with Crippen molar-refractivity contribution in [3.05, 3.63) is 91.1 Å². The van der Waals surface area contributed by atoms with E-state index in [1.165, 1.54) is 77.5 Å². The van der Waals surface area contributed by atoms with Gasteiger partial charge in [-0.05, 0) is 77.5 Å². The molecule has 140 valence electrons. The average molecular weight is 604 g/mol. The van der Waals surface area contributed by atoms with Crippen molar-refractivity contribution in [1.29, 1.82) is 0 Å². The third-order valence-electron chi connectivity index (χ3n) is 4.55. The van der Waals surface area contributed by atoms with Crippen LogP contribution in [-0.2, 0) is 0 Å². The van der Waals surface area contributed by atoms with E-state index in [9.17, 15) is 17.6 Å². The molecule has 0 bridgehead atoms. The van der Waals surface area contributed by atoms with Gasteiger partial charge in [0.05, 0.1) is 7.14 Å². The van der Waals surface area contributed by atoms with Crippen LogP contribution in [0.3, 0.4) is 0 Å². The number of hydrogen-bond donors (Lipinski definition) is 0. The summed E-state index contributed by atoms with van der Waals surface area (Å²) in [6.45, 7) is 0. The molecule has 5 rings (SSSR count). The van der Waals surface area contributed by atoms with Gasteiger partial charge in [-0.2, -0.15) is 0 Å². The molecule has 5 aromatic rings. The molecular weight excluding hydrogens is 594 g/mol. The molecule has 0 unspecified atom stereocenters. The first kappa shape index (κ1) is 19.6. The van der Waals surface area contributed by atoms with Crippen molar-refractivity contribution < 1.29 is 17.6 Å². The van der Waals surface area contributed by atoms with Crippen LogP contribution in [0.4, 0.5) is 17.6 Å². The molecule has 0 aliphatic carbocycles. The summed E-state index contributed by atoms with van der Waals surface area (Å²) in [4.78, 5) is 0. The third-order valence-corrected chi connectivity index (χ3v) is 6.44. The second kappa shape index (κ2) is 7.62. The Kier molecular flexibility index (Phi) is 5.34. The van der Waals surface area contributed by atoms with Gasteiger partial charge in [0.15, 0.2) is 23.3 Å². The van der Waals surface area contributed by atoms with Crippen molar-refractivity contribution in [2.75, 3.05) is 0 Å². The lowest BCUT2D eigenvalue weighted by molar-refractivity contribution is 0.437. The highest BCUT2D eigenvalue weighted by Gasteiger charge is 2.21. The van der Waals surface area contributed by atoms with E-state index in [4.69, 9.17) is 0 Å². The summed E-state index contributed by atoms with van der Waals surface area (Å²) in [5, 5.41) is 8.14. The SMILES string of the molecule is Fc1c(F)c(I)c(F)c(F)c1I.c1cc2ccc3cccc4ccc(c1)c2c34. The summed E-state index contributed by atoms with van der Waals surface area (Å²) in [5.74, 6) is -5.39. The Morgan fingerprint density at radius 2 is 0.679 bits per heavy atom. The summed E-state index contributed by atoms with van der Waals surface area (Å²) in [5.41, 5.74) is 0. The highest BCUT2D eigenvalue weighted by molar-refractivity contribution is 14.1. The largest absolute Gasteiger partial charge is 0.202 e. The topological polar surface area (TPSA) is 0 Å². The van der Waals surface area contributed by atoms with E-state index in [0.29, 0.717) is 0 Å². The average Bonchev–Trinajstić information content (AvgIpc) is 2.74. The Hall–Kier alpha value is -1.68. The molecule has 0 N–H and O–H groups in total. The van der Waals surface area contributed by atoms with Crippen LogP contribution in [0, 0.1) is 30.4 Å². The molecule has 0 fully saturated rings. The first-order valence-electron chi connectivity index (χ1n) is 8.19. The summed E-state index contributed by atoms with van der Waals surface area (Å²) in [6.07, 6.45) is 0. The van der Waals surface area contributed by atoms with Gasteiger partial charge >= 0.3 is 0 Å². The quantitative estimate of drug-likeness (QED) is 0.0553. The van der Waals surface area contributed by atoms with E-state index in [0.717, 1.165) is 0 Å². The van der Waals surface area contributed by atoms with Crippen LogP contribution >= 0.6 is 45.2 Å². The van der Waals surface area contributed by atoms with E-state index in [2.05, 4.69) is 60.7 Å². The van der Waals surface area contributed by atoms with E-state index < -0.39 is 30.4 Å². The lowest BCUT2D eigenvalue weighted by Crippen LogP contribution is -2.02. The lowest BCUT2D eigenvalue weighted by atomic mass is 9.95. The second-order valence-corrected chi connectivity index (χ2v) is 8.33. The van der Waals surface area contributed by atoms with E-state index in [1.54, 1.807) is 0 Å². The maximum atomic E-state index is 12.6. The van der Waals surface area contributed by atoms with Gasteiger partial charge in [0.1, 0.15) is 0 Å². The molecule has 0 aliphatic heterocycles. The van der Waals surface area contributed by atoms with Crippen molar-refractivity contribution in [3.63, 3.8) is 0 Å². The number of hydrogen-bond acceptors (Lipinski definition) is 0. The molecule has 0 saturated heterocycles. The van der Waals surface area contributed by atoms with Crippen molar-refractivity contribution in [2.24, 2.45) is 0 Å². The zero-order valence-corrected chi connectivity index (χ0v) is 18.4. The normalized spacial score (nSPS) is 11.2. The van der Waals surface area contributed by atoms with Crippen LogP contribution in [0.15, 0.2) is 60.7 Å². The maximum absolute atomic E-state index is 12.6. The standard InChI is InChI=1S/C16H10.C6F4I2/c1-3-11-7-9-13-5-2-6-14-10-8-12(4-1)15(11)16(13)14;7-1-2(8)6(12)4(10)3(9)5(1)11/h1-10H;. The monoisotopic (exact) mass is 604 g/mol. The molecule has 0 aliphatic rings. The Morgan fingerprint density at radius 1 is 0.429 bits per heavy atom. The third kappa shape index (κ3) is 3.20. The van der Waals surface area contributed by atoms with Crippen molar-refractivity contribution >= 4 is 77.5 Å². The molecule has 0 amide bonds. The van der Waals surface area contributed by atoms with Gasteiger partial charge in [-0.15, -0.1) is 0 Å². The van der Waals surface area contributed by atoms with Crippen molar-refractivity contribution in [1.82, 2.24) is 0 Å². The smallest absolute Gasteiger partial charge is 0.176 e. The first-order chi connectivity index (χ1) is 13.4. The van der Waals surface area contributed by atoms with E-state index in [-0.39, 0.29) is 0 Å². The van der Waals surface area contributed by atoms with Gasteiger partial charge < -0.3 is 0 Å². The molecule has 6 heteroatoms. The lowest BCUT2D eigenvalue weighted by Gasteiger charge is -2.09. The fourth-order valence-corrected chi connectivity index (χ4v) is 4.19. The van der Waals surface area contributed by atoms with Gasteiger partial charge in [0.25, 0.3) is 0 Å². The Labute approximate surface area is 185 Å². The number of benzene rings is 5. The summed E-state index contributed by atoms with van der Waals surface area (Å²) in [7, 11) is 0. The van der Waals surface area contributed by atoms with Gasteiger partial charge in [0.2, 0.25) is 0 Å². The van der Waals surface area contributed by atoms with Crippen molar-refractivity contribution in [3.8, 4) is 0 Å². The second-order valence-electron chi connectivity index (χ2n) is 6.17. The molecule has 0 heterocycles. The van der Waals surface area contributed by atoms with Crippen LogP contribution in [-0.4, -0.2) is 0 Å². The zero-order valence-electron chi connectivity index (χ0n) is 14.0. The Balaban J connectivity index is 0.000000145. The highest BCUT2D eigenvalue weighted by Crippen LogP contribution is 2.33. The van der Waals surface area contributed by atoms with Crippen LogP contribution < -0.4 is 0 Å². The van der Waals surface area contributed by atoms with E-state index in [1.807, 2.05) is 0 Å². The molecule has 0 radical (unpaired) electrons. The van der Waals surface area contributed by atoms with Crippen LogP contribution in [0.5, 0.6) is 0 Å². The summed E-state index contributed by atoms with van der Waals surface area (Å²) < 4.78 is 49.2. The minimum absolute atomic E-state index is 0.664. The molecule has 5 aromatic carbocycles. The maximum Gasteiger partial charge on any atom is 0.176 e. The minimum Gasteiger partial charge on any atom is -0.202 e. The van der Waals surface area contributed by atoms with Crippen LogP contribution in [0.2, 0.25) is 0 Å². The molecule has 0 nitrogen and oxygen atoms in total. The van der Waals surface area contributed by atoms with Crippen LogP contribution in [0.1, 0.15) is 0 Å². The molecule has 0 saturated carbocycles. The summed E-state index contributed by atoms with van der Waals surface area (Å²) in [6, 6.07) is 21.9. The molecule has 0 spiro atoms. The van der Waals surface area contributed by atoms with Gasteiger partial charge in [0, 0.05) is 0 Å². The fourth-order valence-electron chi connectivity index (χ4n) is 3.25. The Morgan fingerprint density at radius 3 is 0.929 bits per heavy atom. The van der Waals surface area contributed by atoms with Gasteiger partial charge in [-0.1, -0.05) is 60.7 Å². The molecule has 28 heavy (non-hydrogen) atoms. The first-order valence-corrected chi connectivity index (χ1v) is 10.4. The minimum atomic E-state index is -1.35. The van der Waals surface area contributed by atoms with Crippen LogP contribution in [0.25, 0.3) is 32.3 Å². The van der Waals surface area contributed by atoms with Gasteiger partial charge in [-0.25, -0.2) is 17.6 Å². The van der Waals surface area contributed by atoms with Crippen molar-refractivity contribution in [2.45, 2.75) is 0 Å². The Bertz CT molecular complexity index is 1100. The predicted molar refractivity (Wildman–Crippen MR) is 122 cm³/mol. The van der Waals surface area contributed by atoms with Gasteiger partial charge in [-0.3, -0.25) is 0 Å². The summed E-state index contributed by atoms with van der Waals surface area (Å²) >= 11 is 2.41. The highest BCUT2D eigenvalue weighted by atomic mass is 127. The number of rotatable bonds is 0. The zero-order chi connectivity index (χ0) is 20.0. The number of halogens is 6. The van der Waals surface area contributed by atoms with E-state index >= 15 is 0 Å². The fraction of sp³-hybridized carbons (Fsp3) is 0. The molecule has 0 atom stereocenters. The molecular formula is C22H10F4I2. The predicted octanol–water partition coefficient (Wildman–Crippen LogP) is 8.04. The molecule has 0 aromatic heterocycles.